The molecule has 6 heteroatoms. The van der Waals surface area contributed by atoms with Crippen LogP contribution < -0.4 is 20.3 Å². The number of aliphatic imine (C=N–C) groups is 1. The Balaban J connectivity index is 1.66. The van der Waals surface area contributed by atoms with Crippen molar-refractivity contribution in [3.63, 3.8) is 0 Å². The number of nitrogens with zero attached hydrogens (tertiary/aromatic N) is 2. The quantitative estimate of drug-likeness (QED) is 0.570. The second-order valence-corrected chi connectivity index (χ2v) is 6.63. The van der Waals surface area contributed by atoms with Gasteiger partial charge in [0.25, 0.3) is 0 Å². The van der Waals surface area contributed by atoms with Crippen molar-refractivity contribution in [2.24, 2.45) is 4.99 Å². The van der Waals surface area contributed by atoms with Gasteiger partial charge < -0.3 is 25.0 Å². The van der Waals surface area contributed by atoms with Crippen LogP contribution in [0.4, 0.5) is 5.69 Å². The highest BCUT2D eigenvalue weighted by atomic mass is 16.5. The third kappa shape index (κ3) is 5.63. The highest BCUT2D eigenvalue weighted by Crippen LogP contribution is 2.21. The van der Waals surface area contributed by atoms with Crippen LogP contribution in [-0.2, 0) is 17.8 Å². The Morgan fingerprint density at radius 2 is 1.93 bits per heavy atom. The van der Waals surface area contributed by atoms with Gasteiger partial charge in [-0.1, -0.05) is 30.3 Å². The average molecular weight is 383 g/mol. The maximum atomic E-state index is 5.49. The maximum absolute atomic E-state index is 5.49. The molecule has 0 aromatic heterocycles. The summed E-state index contributed by atoms with van der Waals surface area (Å²) in [5.41, 5.74) is 3.64. The van der Waals surface area contributed by atoms with Crippen molar-refractivity contribution in [2.75, 3.05) is 44.9 Å². The van der Waals surface area contributed by atoms with E-state index < -0.39 is 0 Å². The molecule has 2 aromatic rings. The summed E-state index contributed by atoms with van der Waals surface area (Å²) in [5, 5.41) is 6.79. The molecule has 0 amide bonds. The van der Waals surface area contributed by atoms with Gasteiger partial charge in [-0.25, -0.2) is 4.99 Å². The highest BCUT2D eigenvalue weighted by molar-refractivity contribution is 5.80. The number of hydrogen-bond acceptors (Lipinski definition) is 4. The molecule has 3 rings (SSSR count). The molecule has 0 radical (unpaired) electrons. The van der Waals surface area contributed by atoms with Gasteiger partial charge in [-0.15, -0.1) is 0 Å². The minimum absolute atomic E-state index is 0.595. The molecule has 0 atom stereocenters. The number of benzene rings is 2. The predicted octanol–water partition coefficient (Wildman–Crippen LogP) is 2.79. The number of anilines is 1. The van der Waals surface area contributed by atoms with Crippen molar-refractivity contribution in [1.29, 1.82) is 0 Å². The van der Waals surface area contributed by atoms with E-state index in [1.165, 1.54) is 11.3 Å². The van der Waals surface area contributed by atoms with Crippen LogP contribution in [0.5, 0.6) is 5.75 Å². The van der Waals surface area contributed by atoms with Gasteiger partial charge >= 0.3 is 0 Å². The van der Waals surface area contributed by atoms with E-state index in [-0.39, 0.29) is 0 Å². The Hall–Kier alpha value is -2.73. The molecule has 28 heavy (non-hydrogen) atoms. The van der Waals surface area contributed by atoms with E-state index in [0.29, 0.717) is 6.54 Å². The molecule has 150 valence electrons. The zero-order valence-corrected chi connectivity index (χ0v) is 16.8. The summed E-state index contributed by atoms with van der Waals surface area (Å²) in [5.74, 6) is 1.66. The fraction of sp³-hybridized carbons (Fsp3) is 0.409. The number of methoxy groups -OCH3 is 1. The first kappa shape index (κ1) is 20.0. The van der Waals surface area contributed by atoms with Gasteiger partial charge in [0.05, 0.1) is 26.9 Å². The molecule has 2 N–H and O–H groups in total. The standard InChI is InChI=1S/C22H30N4O2/c1-3-23-22(24-16-18-7-6-9-20(15-18)27-2)25-17-19-8-4-5-10-21(19)26-11-13-28-14-12-26/h4-10,15H,3,11-14,16-17H2,1-2H3,(H2,23,24,25). The highest BCUT2D eigenvalue weighted by Gasteiger charge is 2.14. The molecule has 1 heterocycles. The van der Waals surface area contributed by atoms with E-state index in [9.17, 15) is 0 Å². The molecule has 6 nitrogen and oxygen atoms in total. The minimum atomic E-state index is 0.595. The number of hydrogen-bond donors (Lipinski definition) is 2. The lowest BCUT2D eigenvalue weighted by Crippen LogP contribution is -2.39. The molecular weight excluding hydrogens is 352 g/mol. The Morgan fingerprint density at radius 3 is 2.71 bits per heavy atom. The topological polar surface area (TPSA) is 58.1 Å². The van der Waals surface area contributed by atoms with Gasteiger partial charge in [0.2, 0.25) is 0 Å². The van der Waals surface area contributed by atoms with E-state index >= 15 is 0 Å². The number of rotatable bonds is 7. The molecule has 1 saturated heterocycles. The van der Waals surface area contributed by atoms with Crippen molar-refractivity contribution in [3.8, 4) is 5.75 Å². The molecule has 1 aliphatic heterocycles. The summed E-state index contributed by atoms with van der Waals surface area (Å²) >= 11 is 0. The number of ether oxygens (including phenoxy) is 2. The summed E-state index contributed by atoms with van der Waals surface area (Å²) in [6.07, 6.45) is 0. The van der Waals surface area contributed by atoms with Crippen LogP contribution in [0.3, 0.4) is 0 Å². The van der Waals surface area contributed by atoms with Gasteiger partial charge in [-0.2, -0.15) is 0 Å². The molecule has 0 spiro atoms. The van der Waals surface area contributed by atoms with Crippen molar-refractivity contribution in [1.82, 2.24) is 10.6 Å². The Kier molecular flexibility index (Phi) is 7.55. The second kappa shape index (κ2) is 10.6. The van der Waals surface area contributed by atoms with E-state index in [4.69, 9.17) is 14.5 Å². The van der Waals surface area contributed by atoms with Crippen LogP contribution in [0.2, 0.25) is 0 Å². The predicted molar refractivity (Wildman–Crippen MR) is 114 cm³/mol. The lowest BCUT2D eigenvalue weighted by Gasteiger charge is -2.30. The van der Waals surface area contributed by atoms with Crippen molar-refractivity contribution in [3.05, 3.63) is 59.7 Å². The number of para-hydroxylation sites is 1. The van der Waals surface area contributed by atoms with Crippen LogP contribution in [0.15, 0.2) is 53.5 Å². The fourth-order valence-electron chi connectivity index (χ4n) is 3.23. The first-order valence-electron chi connectivity index (χ1n) is 9.86. The second-order valence-electron chi connectivity index (χ2n) is 6.63. The van der Waals surface area contributed by atoms with Gasteiger partial charge in [-0.3, -0.25) is 0 Å². The summed E-state index contributed by atoms with van der Waals surface area (Å²) in [4.78, 5) is 7.11. The molecule has 0 saturated carbocycles. The molecule has 0 aliphatic carbocycles. The van der Waals surface area contributed by atoms with Crippen LogP contribution in [0, 0.1) is 0 Å². The largest absolute Gasteiger partial charge is 0.497 e. The van der Waals surface area contributed by atoms with Crippen molar-refractivity contribution >= 4 is 11.6 Å². The van der Waals surface area contributed by atoms with Gasteiger partial charge in [-0.05, 0) is 36.2 Å². The first-order chi connectivity index (χ1) is 13.8. The summed E-state index contributed by atoms with van der Waals surface area (Å²) in [7, 11) is 1.68. The van der Waals surface area contributed by atoms with E-state index in [0.717, 1.165) is 56.7 Å². The molecule has 1 fully saturated rings. The van der Waals surface area contributed by atoms with Gasteiger partial charge in [0, 0.05) is 31.9 Å². The maximum Gasteiger partial charge on any atom is 0.191 e. The van der Waals surface area contributed by atoms with Crippen LogP contribution in [0.25, 0.3) is 0 Å². The van der Waals surface area contributed by atoms with E-state index in [1.807, 2.05) is 18.2 Å². The monoisotopic (exact) mass is 382 g/mol. The van der Waals surface area contributed by atoms with Crippen LogP contribution in [0.1, 0.15) is 18.1 Å². The zero-order valence-electron chi connectivity index (χ0n) is 16.8. The molecule has 0 unspecified atom stereocenters. The number of nitrogens with one attached hydrogen (secondary N) is 2. The summed E-state index contributed by atoms with van der Waals surface area (Å²) in [6.45, 7) is 7.63. The zero-order chi connectivity index (χ0) is 19.6. The van der Waals surface area contributed by atoms with Gasteiger partial charge in [0.1, 0.15) is 5.75 Å². The molecule has 0 bridgehead atoms. The number of guanidine groups is 1. The Bertz CT molecular complexity index is 773. The SMILES string of the molecule is CCNC(=NCc1cccc(OC)c1)NCc1ccccc1N1CCOCC1. The van der Waals surface area contributed by atoms with Crippen LogP contribution in [-0.4, -0.2) is 45.9 Å². The molecular formula is C22H30N4O2. The van der Waals surface area contributed by atoms with Crippen molar-refractivity contribution in [2.45, 2.75) is 20.0 Å². The summed E-state index contributed by atoms with van der Waals surface area (Å²) < 4.78 is 10.8. The lowest BCUT2D eigenvalue weighted by molar-refractivity contribution is 0.122. The lowest BCUT2D eigenvalue weighted by atomic mass is 10.1. The Labute approximate surface area is 167 Å². The minimum Gasteiger partial charge on any atom is -0.497 e. The fourth-order valence-corrected chi connectivity index (χ4v) is 3.23. The average Bonchev–Trinajstić information content (AvgIpc) is 2.76. The third-order valence-electron chi connectivity index (χ3n) is 4.69. The smallest absolute Gasteiger partial charge is 0.191 e. The van der Waals surface area contributed by atoms with Crippen LogP contribution >= 0.6 is 0 Å². The first-order valence-corrected chi connectivity index (χ1v) is 9.86. The van der Waals surface area contributed by atoms with Gasteiger partial charge in [0.15, 0.2) is 5.96 Å². The molecule has 1 aliphatic rings. The van der Waals surface area contributed by atoms with E-state index in [2.05, 4.69) is 52.8 Å². The molecule has 2 aromatic carbocycles. The number of morpholine rings is 1. The third-order valence-corrected chi connectivity index (χ3v) is 4.69. The van der Waals surface area contributed by atoms with E-state index in [1.54, 1.807) is 7.11 Å². The van der Waals surface area contributed by atoms with Crippen molar-refractivity contribution < 1.29 is 9.47 Å². The normalized spacial score (nSPS) is 14.6. The summed E-state index contributed by atoms with van der Waals surface area (Å²) in [6, 6.07) is 16.5. The Morgan fingerprint density at radius 1 is 1.11 bits per heavy atom.